The molecule has 5 nitrogen and oxygen atoms in total. The number of carbonyl (C=O) groups is 2. The Balaban J connectivity index is 0.00000192. The Morgan fingerprint density at radius 3 is 2.04 bits per heavy atom. The van der Waals surface area contributed by atoms with Gasteiger partial charge >= 0.3 is 5.69 Å². The molecule has 0 saturated heterocycles. The quantitative estimate of drug-likeness (QED) is 0.461. The zero-order chi connectivity index (χ0) is 15.5. The Morgan fingerprint density at radius 1 is 0.957 bits per heavy atom. The monoisotopic (exact) mass is 345 g/mol. The first-order valence-corrected chi connectivity index (χ1v) is 7.72. The standard InChI is InChI=1S/C16H12N3O2S.ClH/c17-18-11-5-7-12(8-6-11)22-10-9-19-15(20)13-3-1-2-4-14(13)16(19)21;/h1-8H,9-10H2;1H/q+1;/p-1. The van der Waals surface area contributed by atoms with E-state index in [1.165, 1.54) is 16.7 Å². The fourth-order valence-corrected chi connectivity index (χ4v) is 3.14. The maximum absolute atomic E-state index is 12.2. The van der Waals surface area contributed by atoms with E-state index in [0.29, 0.717) is 29.1 Å². The van der Waals surface area contributed by atoms with E-state index >= 15 is 0 Å². The Hall–Kier alpha value is -2.36. The van der Waals surface area contributed by atoms with Crippen molar-refractivity contribution in [1.29, 1.82) is 5.39 Å². The van der Waals surface area contributed by atoms with Crippen molar-refractivity contribution in [2.45, 2.75) is 4.90 Å². The van der Waals surface area contributed by atoms with Gasteiger partial charge in [-0.3, -0.25) is 14.5 Å². The molecule has 0 bridgehead atoms. The number of diazo groups is 1. The maximum Gasteiger partial charge on any atom is 0.385 e. The highest BCUT2D eigenvalue weighted by Gasteiger charge is 2.34. The minimum absolute atomic E-state index is 0. The molecule has 0 aliphatic carbocycles. The highest BCUT2D eigenvalue weighted by molar-refractivity contribution is 7.99. The number of imide groups is 1. The van der Waals surface area contributed by atoms with Crippen molar-refractivity contribution in [3.63, 3.8) is 0 Å². The third kappa shape index (κ3) is 3.36. The van der Waals surface area contributed by atoms with Crippen LogP contribution in [0.4, 0.5) is 5.69 Å². The van der Waals surface area contributed by atoms with Gasteiger partial charge in [0.05, 0.1) is 11.1 Å². The number of halogens is 1. The molecule has 1 aliphatic heterocycles. The van der Waals surface area contributed by atoms with Crippen LogP contribution in [-0.4, -0.2) is 29.0 Å². The van der Waals surface area contributed by atoms with Crippen LogP contribution in [0.5, 0.6) is 0 Å². The molecular formula is C16H12ClN3O2S. The molecular weight excluding hydrogens is 334 g/mol. The molecule has 1 heterocycles. The van der Waals surface area contributed by atoms with Crippen LogP contribution in [0, 0.1) is 5.39 Å². The van der Waals surface area contributed by atoms with Crippen LogP contribution in [0.15, 0.2) is 53.4 Å². The second-order valence-electron chi connectivity index (χ2n) is 4.75. The first-order chi connectivity index (χ1) is 10.7. The smallest absolute Gasteiger partial charge is 0.385 e. The summed E-state index contributed by atoms with van der Waals surface area (Å²) in [6.45, 7) is 0.364. The summed E-state index contributed by atoms with van der Waals surface area (Å²) in [7, 11) is 0. The summed E-state index contributed by atoms with van der Waals surface area (Å²) in [5.41, 5.74) is 1.45. The Kier molecular flexibility index (Phi) is 5.37. The Bertz CT molecular complexity index is 752. The van der Waals surface area contributed by atoms with Gasteiger partial charge in [-0.2, -0.15) is 0 Å². The van der Waals surface area contributed by atoms with E-state index in [9.17, 15) is 9.59 Å². The molecule has 0 unspecified atom stereocenters. The van der Waals surface area contributed by atoms with E-state index in [0.717, 1.165) is 4.90 Å². The molecule has 7 heteroatoms. The third-order valence-corrected chi connectivity index (χ3v) is 4.41. The van der Waals surface area contributed by atoms with Gasteiger partial charge in [0.15, 0.2) is 4.98 Å². The highest BCUT2D eigenvalue weighted by Crippen LogP contribution is 2.25. The fourth-order valence-electron chi connectivity index (χ4n) is 2.31. The lowest BCUT2D eigenvalue weighted by Crippen LogP contribution is -3.00. The normalized spacial score (nSPS) is 12.6. The van der Waals surface area contributed by atoms with Crippen molar-refractivity contribution in [2.75, 3.05) is 12.3 Å². The molecule has 116 valence electrons. The number of hydrogen-bond acceptors (Lipinski definition) is 4. The largest absolute Gasteiger partial charge is 1.00 e. The number of amides is 2. The lowest BCUT2D eigenvalue weighted by Gasteiger charge is -2.13. The van der Waals surface area contributed by atoms with E-state index in [1.807, 2.05) is 12.1 Å². The third-order valence-electron chi connectivity index (χ3n) is 3.41. The van der Waals surface area contributed by atoms with Gasteiger partial charge in [0.2, 0.25) is 5.39 Å². The van der Waals surface area contributed by atoms with Gasteiger partial charge in [0.25, 0.3) is 11.8 Å². The molecule has 0 saturated carbocycles. The van der Waals surface area contributed by atoms with Gasteiger partial charge < -0.3 is 12.4 Å². The van der Waals surface area contributed by atoms with Gasteiger partial charge in [-0.25, -0.2) is 0 Å². The maximum atomic E-state index is 12.2. The van der Waals surface area contributed by atoms with Crippen LogP contribution in [-0.2, 0) is 0 Å². The van der Waals surface area contributed by atoms with Crippen LogP contribution >= 0.6 is 11.8 Å². The van der Waals surface area contributed by atoms with Crippen LogP contribution in [0.2, 0.25) is 0 Å². The minimum atomic E-state index is -0.226. The summed E-state index contributed by atoms with van der Waals surface area (Å²) < 4.78 is 0. The van der Waals surface area contributed by atoms with Crippen molar-refractivity contribution in [1.82, 2.24) is 4.90 Å². The highest BCUT2D eigenvalue weighted by atomic mass is 35.5. The van der Waals surface area contributed by atoms with Crippen LogP contribution < -0.4 is 12.4 Å². The SMILES string of the molecule is N#[N+]c1ccc(SCCN2C(=O)c3ccccc3C2=O)cc1.[Cl-]. The summed E-state index contributed by atoms with van der Waals surface area (Å²) >= 11 is 1.54. The minimum Gasteiger partial charge on any atom is -1.00 e. The van der Waals surface area contributed by atoms with Gasteiger partial charge in [-0.1, -0.05) is 12.1 Å². The van der Waals surface area contributed by atoms with E-state index < -0.39 is 0 Å². The van der Waals surface area contributed by atoms with E-state index in [1.54, 1.807) is 36.4 Å². The topological polar surface area (TPSA) is 65.5 Å². The predicted molar refractivity (Wildman–Crippen MR) is 83.7 cm³/mol. The molecule has 3 rings (SSSR count). The second kappa shape index (κ2) is 7.27. The second-order valence-corrected chi connectivity index (χ2v) is 5.92. The molecule has 0 radical (unpaired) electrons. The number of carbonyl (C=O) groups excluding carboxylic acids is 2. The van der Waals surface area contributed by atoms with E-state index in [-0.39, 0.29) is 24.2 Å². The van der Waals surface area contributed by atoms with Crippen LogP contribution in [0.25, 0.3) is 4.98 Å². The van der Waals surface area contributed by atoms with E-state index in [4.69, 9.17) is 5.39 Å². The Labute approximate surface area is 143 Å². The number of hydrogen-bond donors (Lipinski definition) is 0. The van der Waals surface area contributed by atoms with Crippen molar-refractivity contribution < 1.29 is 22.0 Å². The van der Waals surface area contributed by atoms with Gasteiger partial charge in [0, 0.05) is 29.3 Å². The molecule has 0 spiro atoms. The molecule has 0 fully saturated rings. The molecule has 2 aromatic carbocycles. The van der Waals surface area contributed by atoms with Gasteiger partial charge in [0.1, 0.15) is 0 Å². The lowest BCUT2D eigenvalue weighted by atomic mass is 10.1. The summed E-state index contributed by atoms with van der Waals surface area (Å²) in [6.07, 6.45) is 0. The predicted octanol–water partition coefficient (Wildman–Crippen LogP) is 0.563. The van der Waals surface area contributed by atoms with Crippen molar-refractivity contribution in [2.24, 2.45) is 0 Å². The number of rotatable bonds is 4. The zero-order valence-corrected chi connectivity index (χ0v) is 13.5. The molecule has 0 atom stereocenters. The number of fused-ring (bicyclic) bond motifs is 1. The molecule has 2 amide bonds. The van der Waals surface area contributed by atoms with Crippen molar-refractivity contribution in [3.8, 4) is 0 Å². The number of nitrogens with zero attached hydrogens (tertiary/aromatic N) is 3. The summed E-state index contributed by atoms with van der Waals surface area (Å²) in [5.74, 6) is 0.160. The van der Waals surface area contributed by atoms with Crippen LogP contribution in [0.1, 0.15) is 20.7 Å². The summed E-state index contributed by atoms with van der Waals surface area (Å²) in [4.78, 5) is 29.7. The number of thioether (sulfide) groups is 1. The summed E-state index contributed by atoms with van der Waals surface area (Å²) in [6, 6.07) is 13.9. The van der Waals surface area contributed by atoms with Crippen molar-refractivity contribution in [3.05, 3.63) is 64.6 Å². The average molecular weight is 346 g/mol. The van der Waals surface area contributed by atoms with E-state index in [2.05, 4.69) is 4.98 Å². The first kappa shape index (κ1) is 17.0. The van der Waals surface area contributed by atoms with Gasteiger partial charge in [-0.15, -0.1) is 11.8 Å². The number of benzene rings is 2. The average Bonchev–Trinajstić information content (AvgIpc) is 2.81. The van der Waals surface area contributed by atoms with Gasteiger partial charge in [-0.05, 0) is 24.3 Å². The molecule has 2 aromatic rings. The van der Waals surface area contributed by atoms with Crippen molar-refractivity contribution >= 4 is 29.3 Å². The fraction of sp³-hybridized carbons (Fsp3) is 0.125. The molecule has 0 N–H and O–H groups in total. The molecule has 1 aliphatic rings. The summed E-state index contributed by atoms with van der Waals surface area (Å²) in [5, 5.41) is 8.63. The molecule has 23 heavy (non-hydrogen) atoms. The first-order valence-electron chi connectivity index (χ1n) is 6.74. The lowest BCUT2D eigenvalue weighted by molar-refractivity contribution is -0.0000277. The van der Waals surface area contributed by atoms with Crippen LogP contribution in [0.3, 0.4) is 0 Å². The molecule has 0 aromatic heterocycles. The zero-order valence-electron chi connectivity index (χ0n) is 12.0. The Morgan fingerprint density at radius 2 is 1.52 bits per heavy atom.